The number of rotatable bonds is 7. The lowest BCUT2D eigenvalue weighted by atomic mass is 10.0. The van der Waals surface area contributed by atoms with Crippen molar-refractivity contribution in [1.82, 2.24) is 5.32 Å². The summed E-state index contributed by atoms with van der Waals surface area (Å²) in [5, 5.41) is 2.73. The van der Waals surface area contributed by atoms with Crippen LogP contribution in [0, 0.1) is 0 Å². The molecule has 0 saturated carbocycles. The topological polar surface area (TPSA) is 38.3 Å². The van der Waals surface area contributed by atoms with Crippen molar-refractivity contribution < 1.29 is 31.5 Å². The van der Waals surface area contributed by atoms with E-state index < -0.39 is 18.4 Å². The van der Waals surface area contributed by atoms with E-state index in [-0.39, 0.29) is 24.1 Å². The van der Waals surface area contributed by atoms with Gasteiger partial charge in [-0.1, -0.05) is 24.3 Å². The number of ether oxygens (including phenoxy) is 1. The molecule has 0 saturated heterocycles. The zero-order chi connectivity index (χ0) is 20.0. The Hall–Kier alpha value is -2.64. The van der Waals surface area contributed by atoms with Crippen molar-refractivity contribution in [1.29, 1.82) is 0 Å². The molecular formula is C19H18F5NO2. The number of alkyl halides is 5. The first-order chi connectivity index (χ1) is 12.6. The molecule has 146 valence electrons. The minimum absolute atomic E-state index is 0.0300. The molecule has 0 aliphatic heterocycles. The van der Waals surface area contributed by atoms with Crippen molar-refractivity contribution in [2.45, 2.75) is 38.6 Å². The van der Waals surface area contributed by atoms with Crippen molar-refractivity contribution in [2.24, 2.45) is 0 Å². The predicted octanol–water partition coefficient (Wildman–Crippen LogP) is 4.60. The summed E-state index contributed by atoms with van der Waals surface area (Å²) in [5.74, 6) is -0.364. The number of hydrogen-bond acceptors (Lipinski definition) is 2. The predicted molar refractivity (Wildman–Crippen MR) is 89.5 cm³/mol. The van der Waals surface area contributed by atoms with E-state index in [9.17, 15) is 26.7 Å². The highest BCUT2D eigenvalue weighted by Gasteiger charge is 2.29. The molecule has 0 heterocycles. The van der Waals surface area contributed by atoms with Crippen LogP contribution in [-0.4, -0.2) is 18.6 Å². The summed E-state index contributed by atoms with van der Waals surface area (Å²) in [4.78, 5) is 12.1. The standard InChI is InChI=1S/C19H18F5NO2/c1-12(9-13-5-7-15(8-6-13)19(22,23)24)25-17(26)11-14-3-2-4-16(10-14)27-18(20)21/h2-8,10,12,18H,9,11H2,1H3,(H,25,26). The Morgan fingerprint density at radius 1 is 1.07 bits per heavy atom. The molecule has 3 nitrogen and oxygen atoms in total. The van der Waals surface area contributed by atoms with Crippen molar-refractivity contribution in [3.8, 4) is 5.75 Å². The molecular weight excluding hydrogens is 369 g/mol. The van der Waals surface area contributed by atoms with Crippen molar-refractivity contribution >= 4 is 5.91 Å². The number of carbonyl (C=O) groups is 1. The van der Waals surface area contributed by atoms with Crippen LogP contribution in [0.15, 0.2) is 48.5 Å². The van der Waals surface area contributed by atoms with E-state index in [0.717, 1.165) is 12.1 Å². The zero-order valence-electron chi connectivity index (χ0n) is 14.4. The number of hydrogen-bond donors (Lipinski definition) is 1. The average Bonchev–Trinajstić information content (AvgIpc) is 2.53. The average molecular weight is 387 g/mol. The highest BCUT2D eigenvalue weighted by Crippen LogP contribution is 2.29. The number of carbonyl (C=O) groups excluding carboxylic acids is 1. The maximum absolute atomic E-state index is 12.6. The van der Waals surface area contributed by atoms with Crippen LogP contribution < -0.4 is 10.1 Å². The summed E-state index contributed by atoms with van der Waals surface area (Å²) in [6.07, 6.45) is -4.06. The van der Waals surface area contributed by atoms with E-state index >= 15 is 0 Å². The lowest BCUT2D eigenvalue weighted by Crippen LogP contribution is -2.35. The molecule has 2 aromatic carbocycles. The maximum atomic E-state index is 12.6. The normalized spacial score (nSPS) is 12.7. The molecule has 0 spiro atoms. The Bertz CT molecular complexity index is 759. The summed E-state index contributed by atoms with van der Waals surface area (Å²) in [7, 11) is 0. The smallest absolute Gasteiger partial charge is 0.416 e. The molecule has 1 amide bonds. The Balaban J connectivity index is 1.88. The first-order valence-corrected chi connectivity index (χ1v) is 8.13. The third-order valence-electron chi connectivity index (χ3n) is 3.72. The first kappa shape index (κ1) is 20.7. The van der Waals surface area contributed by atoms with Crippen LogP contribution in [0.1, 0.15) is 23.6 Å². The van der Waals surface area contributed by atoms with Crippen LogP contribution in [0.2, 0.25) is 0 Å². The van der Waals surface area contributed by atoms with Crippen molar-refractivity contribution in [3.05, 3.63) is 65.2 Å². The van der Waals surface area contributed by atoms with Crippen molar-refractivity contribution in [3.63, 3.8) is 0 Å². The molecule has 27 heavy (non-hydrogen) atoms. The van der Waals surface area contributed by atoms with Gasteiger partial charge in [0.2, 0.25) is 5.91 Å². The second kappa shape index (κ2) is 8.83. The maximum Gasteiger partial charge on any atom is 0.416 e. The summed E-state index contributed by atoms with van der Waals surface area (Å²) in [6, 6.07) is 10.3. The first-order valence-electron chi connectivity index (χ1n) is 8.13. The van der Waals surface area contributed by atoms with E-state index in [1.165, 1.54) is 30.3 Å². The second-order valence-electron chi connectivity index (χ2n) is 6.07. The largest absolute Gasteiger partial charge is 0.435 e. The highest BCUT2D eigenvalue weighted by molar-refractivity contribution is 5.79. The molecule has 0 aliphatic carbocycles. The van der Waals surface area contributed by atoms with Crippen molar-refractivity contribution in [2.75, 3.05) is 0 Å². The molecule has 8 heteroatoms. The van der Waals surface area contributed by atoms with E-state index in [0.29, 0.717) is 17.5 Å². The molecule has 0 fully saturated rings. The van der Waals surface area contributed by atoms with Gasteiger partial charge in [-0.2, -0.15) is 22.0 Å². The van der Waals surface area contributed by atoms with E-state index in [2.05, 4.69) is 10.1 Å². The molecule has 0 aliphatic rings. The van der Waals surface area contributed by atoms with Gasteiger partial charge in [-0.3, -0.25) is 4.79 Å². The third kappa shape index (κ3) is 6.88. The van der Waals surface area contributed by atoms with Crippen LogP contribution >= 0.6 is 0 Å². The van der Waals surface area contributed by atoms with Crippen LogP contribution in [0.25, 0.3) is 0 Å². The zero-order valence-corrected chi connectivity index (χ0v) is 14.4. The minimum atomic E-state index is -4.39. The van der Waals surface area contributed by atoms with Gasteiger partial charge in [-0.25, -0.2) is 0 Å². The highest BCUT2D eigenvalue weighted by atomic mass is 19.4. The third-order valence-corrected chi connectivity index (χ3v) is 3.72. The summed E-state index contributed by atoms with van der Waals surface area (Å²) >= 11 is 0. The fourth-order valence-corrected chi connectivity index (χ4v) is 2.58. The molecule has 2 aromatic rings. The molecule has 1 N–H and O–H groups in total. The van der Waals surface area contributed by atoms with Crippen LogP contribution in [0.5, 0.6) is 5.75 Å². The quantitative estimate of drug-likeness (QED) is 0.706. The molecule has 2 rings (SSSR count). The fraction of sp³-hybridized carbons (Fsp3) is 0.316. The fourth-order valence-electron chi connectivity index (χ4n) is 2.58. The minimum Gasteiger partial charge on any atom is -0.435 e. The van der Waals surface area contributed by atoms with Gasteiger partial charge in [0.25, 0.3) is 0 Å². The van der Waals surface area contributed by atoms with E-state index in [1.54, 1.807) is 13.0 Å². The van der Waals surface area contributed by atoms with Gasteiger partial charge in [0.1, 0.15) is 5.75 Å². The summed E-state index contributed by atoms with van der Waals surface area (Å²) < 4.78 is 66.4. The number of nitrogens with one attached hydrogen (secondary N) is 1. The van der Waals surface area contributed by atoms with E-state index in [4.69, 9.17) is 0 Å². The molecule has 0 radical (unpaired) electrons. The molecule has 1 atom stereocenters. The lowest BCUT2D eigenvalue weighted by molar-refractivity contribution is -0.137. The second-order valence-corrected chi connectivity index (χ2v) is 6.07. The SMILES string of the molecule is CC(Cc1ccc(C(F)(F)F)cc1)NC(=O)Cc1cccc(OC(F)F)c1. The van der Waals surface area contributed by atoms with Gasteiger partial charge < -0.3 is 10.1 Å². The van der Waals surface area contributed by atoms with Gasteiger partial charge in [0.05, 0.1) is 12.0 Å². The van der Waals surface area contributed by atoms with Gasteiger partial charge in [0, 0.05) is 6.04 Å². The van der Waals surface area contributed by atoms with Gasteiger partial charge in [-0.15, -0.1) is 0 Å². The lowest BCUT2D eigenvalue weighted by Gasteiger charge is -2.15. The summed E-state index contributed by atoms with van der Waals surface area (Å²) in [5.41, 5.74) is 0.435. The van der Waals surface area contributed by atoms with E-state index in [1.807, 2.05) is 0 Å². The molecule has 0 bridgehead atoms. The number of amides is 1. The molecule has 1 unspecified atom stereocenters. The van der Waals surface area contributed by atoms with Crippen LogP contribution in [0.3, 0.4) is 0 Å². The van der Waals surface area contributed by atoms with Crippen LogP contribution in [-0.2, 0) is 23.8 Å². The van der Waals surface area contributed by atoms with Gasteiger partial charge >= 0.3 is 12.8 Å². The van der Waals surface area contributed by atoms with Gasteiger partial charge in [-0.05, 0) is 48.7 Å². The Kier molecular flexibility index (Phi) is 6.76. The van der Waals surface area contributed by atoms with Gasteiger partial charge in [0.15, 0.2) is 0 Å². The summed E-state index contributed by atoms with van der Waals surface area (Å²) in [6.45, 7) is -1.22. The Morgan fingerprint density at radius 2 is 1.74 bits per heavy atom. The number of benzene rings is 2. The molecule has 0 aromatic heterocycles. The van der Waals surface area contributed by atoms with Crippen LogP contribution in [0.4, 0.5) is 22.0 Å². The number of halogens is 5. The Labute approximate surface area is 153 Å². The Morgan fingerprint density at radius 3 is 2.33 bits per heavy atom. The monoisotopic (exact) mass is 387 g/mol.